The van der Waals surface area contributed by atoms with Crippen molar-refractivity contribution in [2.45, 2.75) is 6.61 Å². The summed E-state index contributed by atoms with van der Waals surface area (Å²) in [6, 6.07) is 11.4. The Hall–Kier alpha value is -2.54. The van der Waals surface area contributed by atoms with Gasteiger partial charge in [-0.25, -0.2) is 0 Å². The number of oxime groups is 1. The van der Waals surface area contributed by atoms with Gasteiger partial charge in [0.1, 0.15) is 12.4 Å². The molecule has 0 aromatic heterocycles. The average molecular weight is 372 g/mol. The third kappa shape index (κ3) is 6.46. The van der Waals surface area contributed by atoms with Gasteiger partial charge in [0.15, 0.2) is 18.1 Å². The van der Waals surface area contributed by atoms with Crippen molar-refractivity contribution in [3.05, 3.63) is 53.1 Å². The summed E-state index contributed by atoms with van der Waals surface area (Å²) in [5, 5.41) is 4.37. The molecule has 0 atom stereocenters. The fourth-order valence-corrected chi connectivity index (χ4v) is 2.04. The highest BCUT2D eigenvalue weighted by molar-refractivity contribution is 6.30. The molecule has 0 amide bonds. The second-order valence-electron chi connectivity index (χ2n) is 4.66. The van der Waals surface area contributed by atoms with Crippen LogP contribution in [-0.2, 0) is 4.84 Å². The Morgan fingerprint density at radius 1 is 1.12 bits per heavy atom. The zero-order valence-corrected chi connectivity index (χ0v) is 14.1. The SMILES string of the molecule is COc1cc(C=NOCCOc2cccc(Cl)c2)ccc1OC(F)F. The van der Waals surface area contributed by atoms with E-state index in [2.05, 4.69) is 9.89 Å². The first-order valence-corrected chi connectivity index (χ1v) is 7.63. The van der Waals surface area contributed by atoms with Crippen molar-refractivity contribution < 1.29 is 27.8 Å². The predicted octanol–water partition coefficient (Wildman–Crippen LogP) is 4.38. The van der Waals surface area contributed by atoms with Crippen LogP contribution in [-0.4, -0.2) is 33.1 Å². The Morgan fingerprint density at radius 3 is 2.68 bits per heavy atom. The first kappa shape index (κ1) is 18.8. The van der Waals surface area contributed by atoms with Crippen LogP contribution in [0.4, 0.5) is 8.78 Å². The molecule has 0 aliphatic heterocycles. The second kappa shape index (κ2) is 9.68. The van der Waals surface area contributed by atoms with Gasteiger partial charge in [-0.3, -0.25) is 0 Å². The Balaban J connectivity index is 1.79. The van der Waals surface area contributed by atoms with E-state index in [1.807, 2.05) is 0 Å². The molecule has 0 fully saturated rings. The Kier molecular flexibility index (Phi) is 7.28. The van der Waals surface area contributed by atoms with Crippen LogP contribution in [0.5, 0.6) is 17.2 Å². The lowest BCUT2D eigenvalue weighted by atomic mass is 10.2. The maximum Gasteiger partial charge on any atom is 0.387 e. The van der Waals surface area contributed by atoms with E-state index in [0.717, 1.165) is 0 Å². The molecule has 134 valence electrons. The Labute approximate surface area is 148 Å². The van der Waals surface area contributed by atoms with Gasteiger partial charge in [0, 0.05) is 10.6 Å². The lowest BCUT2D eigenvalue weighted by molar-refractivity contribution is -0.0512. The van der Waals surface area contributed by atoms with Crippen LogP contribution in [0.1, 0.15) is 5.56 Å². The van der Waals surface area contributed by atoms with E-state index in [0.29, 0.717) is 22.9 Å². The lowest BCUT2D eigenvalue weighted by Gasteiger charge is -2.09. The van der Waals surface area contributed by atoms with E-state index in [9.17, 15) is 8.78 Å². The molecule has 0 heterocycles. The molecule has 5 nitrogen and oxygen atoms in total. The van der Waals surface area contributed by atoms with Crippen LogP contribution >= 0.6 is 11.6 Å². The van der Waals surface area contributed by atoms with Crippen molar-refractivity contribution in [3.63, 3.8) is 0 Å². The highest BCUT2D eigenvalue weighted by Crippen LogP contribution is 2.28. The minimum Gasteiger partial charge on any atom is -0.493 e. The van der Waals surface area contributed by atoms with Gasteiger partial charge >= 0.3 is 6.61 Å². The van der Waals surface area contributed by atoms with Crippen molar-refractivity contribution in [2.24, 2.45) is 5.16 Å². The van der Waals surface area contributed by atoms with Gasteiger partial charge in [-0.15, -0.1) is 0 Å². The summed E-state index contributed by atoms with van der Waals surface area (Å²) in [4.78, 5) is 5.08. The summed E-state index contributed by atoms with van der Waals surface area (Å²) in [6.45, 7) is -2.40. The molecule has 0 saturated heterocycles. The van der Waals surface area contributed by atoms with Crippen LogP contribution in [0.2, 0.25) is 5.02 Å². The number of nitrogens with zero attached hydrogens (tertiary/aromatic N) is 1. The Bertz CT molecular complexity index is 713. The average Bonchev–Trinajstić information content (AvgIpc) is 2.58. The smallest absolute Gasteiger partial charge is 0.387 e. The van der Waals surface area contributed by atoms with Crippen molar-refractivity contribution in [1.82, 2.24) is 0 Å². The third-order valence-electron chi connectivity index (χ3n) is 2.92. The number of alkyl halides is 2. The maximum atomic E-state index is 12.3. The molecule has 0 spiro atoms. The summed E-state index contributed by atoms with van der Waals surface area (Å²) in [5.41, 5.74) is 0.606. The van der Waals surface area contributed by atoms with Crippen molar-refractivity contribution in [3.8, 4) is 17.2 Å². The number of halogens is 3. The van der Waals surface area contributed by atoms with Crippen LogP contribution < -0.4 is 14.2 Å². The molecule has 0 aliphatic rings. The lowest BCUT2D eigenvalue weighted by Crippen LogP contribution is -2.04. The highest BCUT2D eigenvalue weighted by Gasteiger charge is 2.10. The number of ether oxygens (including phenoxy) is 3. The number of hydrogen-bond acceptors (Lipinski definition) is 5. The fourth-order valence-electron chi connectivity index (χ4n) is 1.86. The van der Waals surface area contributed by atoms with Crippen LogP contribution in [0.15, 0.2) is 47.6 Å². The quantitative estimate of drug-likeness (QED) is 0.373. The number of rotatable bonds is 9. The predicted molar refractivity (Wildman–Crippen MR) is 90.1 cm³/mol. The van der Waals surface area contributed by atoms with Gasteiger partial charge in [-0.05, 0) is 36.4 Å². The minimum atomic E-state index is -2.92. The van der Waals surface area contributed by atoms with E-state index in [4.69, 9.17) is 25.9 Å². The molecular weight excluding hydrogens is 356 g/mol. The number of methoxy groups -OCH3 is 1. The number of hydrogen-bond donors (Lipinski definition) is 0. The van der Waals surface area contributed by atoms with E-state index < -0.39 is 6.61 Å². The third-order valence-corrected chi connectivity index (χ3v) is 3.15. The Morgan fingerprint density at radius 2 is 1.96 bits per heavy atom. The minimum absolute atomic E-state index is 0.0505. The van der Waals surface area contributed by atoms with Crippen molar-refractivity contribution in [1.29, 1.82) is 0 Å². The normalized spacial score (nSPS) is 10.9. The molecule has 0 bridgehead atoms. The van der Waals surface area contributed by atoms with Gasteiger partial charge in [-0.2, -0.15) is 8.78 Å². The molecule has 25 heavy (non-hydrogen) atoms. The molecule has 0 aliphatic carbocycles. The maximum absolute atomic E-state index is 12.3. The molecule has 0 saturated carbocycles. The van der Waals surface area contributed by atoms with Gasteiger partial charge in [0.2, 0.25) is 0 Å². The van der Waals surface area contributed by atoms with Gasteiger partial charge in [0.25, 0.3) is 0 Å². The zero-order valence-electron chi connectivity index (χ0n) is 13.3. The van der Waals surface area contributed by atoms with Gasteiger partial charge in [-0.1, -0.05) is 22.8 Å². The monoisotopic (exact) mass is 371 g/mol. The second-order valence-corrected chi connectivity index (χ2v) is 5.10. The molecule has 0 unspecified atom stereocenters. The summed E-state index contributed by atoms with van der Waals surface area (Å²) >= 11 is 5.84. The number of benzene rings is 2. The topological polar surface area (TPSA) is 49.3 Å². The van der Waals surface area contributed by atoms with E-state index in [1.165, 1.54) is 25.5 Å². The molecule has 8 heteroatoms. The summed E-state index contributed by atoms with van der Waals surface area (Å²) in [7, 11) is 1.36. The van der Waals surface area contributed by atoms with Crippen molar-refractivity contribution >= 4 is 17.8 Å². The molecule has 0 radical (unpaired) electrons. The standard InChI is InChI=1S/C17H16ClF2NO4/c1-22-16-9-12(5-6-15(16)25-17(19)20)11-21-24-8-7-23-14-4-2-3-13(18)10-14/h2-6,9-11,17H,7-8H2,1H3. The summed E-state index contributed by atoms with van der Waals surface area (Å²) in [5.74, 6) is 0.762. The first-order valence-electron chi connectivity index (χ1n) is 7.25. The summed E-state index contributed by atoms with van der Waals surface area (Å²) in [6.07, 6.45) is 1.42. The van der Waals surface area contributed by atoms with Gasteiger partial charge < -0.3 is 19.0 Å². The molecule has 0 N–H and O–H groups in total. The molecule has 2 aromatic rings. The fraction of sp³-hybridized carbons (Fsp3) is 0.235. The van der Waals surface area contributed by atoms with Crippen LogP contribution in [0, 0.1) is 0 Å². The van der Waals surface area contributed by atoms with E-state index in [-0.39, 0.29) is 18.1 Å². The molecule has 2 aromatic carbocycles. The molecule has 2 rings (SSSR count). The first-order chi connectivity index (χ1) is 12.1. The molecular formula is C17H16ClF2NO4. The van der Waals surface area contributed by atoms with Crippen LogP contribution in [0.3, 0.4) is 0 Å². The highest BCUT2D eigenvalue weighted by atomic mass is 35.5. The van der Waals surface area contributed by atoms with E-state index in [1.54, 1.807) is 30.3 Å². The zero-order chi connectivity index (χ0) is 18.1. The van der Waals surface area contributed by atoms with E-state index >= 15 is 0 Å². The van der Waals surface area contributed by atoms with Gasteiger partial charge in [0.05, 0.1) is 13.3 Å². The largest absolute Gasteiger partial charge is 0.493 e. The van der Waals surface area contributed by atoms with Crippen LogP contribution in [0.25, 0.3) is 0 Å². The summed E-state index contributed by atoms with van der Waals surface area (Å²) < 4.78 is 39.3. The van der Waals surface area contributed by atoms with Crippen molar-refractivity contribution in [2.75, 3.05) is 20.3 Å².